The van der Waals surface area contributed by atoms with Gasteiger partial charge in [0.2, 0.25) is 0 Å². The van der Waals surface area contributed by atoms with Crippen LogP contribution in [0.1, 0.15) is 5.56 Å². The van der Waals surface area contributed by atoms with Crippen LogP contribution in [0.2, 0.25) is 0 Å². The van der Waals surface area contributed by atoms with Gasteiger partial charge in [0.05, 0.1) is 15.5 Å². The van der Waals surface area contributed by atoms with Gasteiger partial charge in [-0.05, 0) is 36.8 Å². The van der Waals surface area contributed by atoms with E-state index in [-0.39, 0.29) is 16.3 Å². The van der Waals surface area contributed by atoms with Gasteiger partial charge < -0.3 is 0 Å². The number of sulfonamides is 1. The topological polar surface area (TPSA) is 89.3 Å². The molecule has 0 saturated heterocycles. The van der Waals surface area contributed by atoms with Crippen molar-refractivity contribution in [2.75, 3.05) is 4.72 Å². The molecule has 0 radical (unpaired) electrons. The number of non-ortho nitro benzene ring substituents is 1. The monoisotopic (exact) mass is 310 g/mol. The van der Waals surface area contributed by atoms with Gasteiger partial charge in [-0.15, -0.1) is 0 Å². The number of hydrogen-bond donors (Lipinski definition) is 1. The molecule has 110 valence electrons. The van der Waals surface area contributed by atoms with Crippen LogP contribution >= 0.6 is 0 Å². The predicted molar refractivity (Wildman–Crippen MR) is 75.0 cm³/mol. The van der Waals surface area contributed by atoms with Crippen molar-refractivity contribution >= 4 is 21.4 Å². The third-order valence-corrected chi connectivity index (χ3v) is 4.11. The summed E-state index contributed by atoms with van der Waals surface area (Å²) in [5.74, 6) is -0.703. The molecule has 0 aliphatic rings. The normalized spacial score (nSPS) is 11.1. The van der Waals surface area contributed by atoms with E-state index >= 15 is 0 Å². The van der Waals surface area contributed by atoms with Gasteiger partial charge in [0, 0.05) is 12.1 Å². The summed E-state index contributed by atoms with van der Waals surface area (Å²) >= 11 is 0. The van der Waals surface area contributed by atoms with E-state index in [4.69, 9.17) is 0 Å². The minimum absolute atomic E-state index is 0.173. The van der Waals surface area contributed by atoms with Gasteiger partial charge in [-0.1, -0.05) is 6.07 Å². The largest absolute Gasteiger partial charge is 0.277 e. The molecule has 2 aromatic rings. The van der Waals surface area contributed by atoms with Crippen LogP contribution in [0.3, 0.4) is 0 Å². The predicted octanol–water partition coefficient (Wildman–Crippen LogP) is 2.84. The van der Waals surface area contributed by atoms with Crippen molar-refractivity contribution in [3.05, 3.63) is 64.0 Å². The van der Waals surface area contributed by atoms with E-state index < -0.39 is 20.8 Å². The van der Waals surface area contributed by atoms with Gasteiger partial charge in [0.1, 0.15) is 5.82 Å². The highest BCUT2D eigenvalue weighted by atomic mass is 32.2. The van der Waals surface area contributed by atoms with Crippen molar-refractivity contribution < 1.29 is 17.7 Å². The summed E-state index contributed by atoms with van der Waals surface area (Å²) in [6.45, 7) is 1.70. The number of anilines is 1. The number of benzene rings is 2. The van der Waals surface area contributed by atoms with Gasteiger partial charge in [-0.2, -0.15) is 0 Å². The summed E-state index contributed by atoms with van der Waals surface area (Å²) in [7, 11) is -4.01. The number of nitro groups is 1. The van der Waals surface area contributed by atoms with Gasteiger partial charge in [-0.3, -0.25) is 14.8 Å². The summed E-state index contributed by atoms with van der Waals surface area (Å²) in [4.78, 5) is 9.70. The Morgan fingerprint density at radius 2 is 1.76 bits per heavy atom. The highest BCUT2D eigenvalue weighted by Crippen LogP contribution is 2.22. The van der Waals surface area contributed by atoms with Crippen molar-refractivity contribution in [2.45, 2.75) is 11.8 Å². The average molecular weight is 310 g/mol. The first kappa shape index (κ1) is 14.9. The van der Waals surface area contributed by atoms with E-state index in [1.807, 2.05) is 0 Å². The lowest BCUT2D eigenvalue weighted by atomic mass is 10.2. The molecule has 0 heterocycles. The molecule has 6 nitrogen and oxygen atoms in total. The number of nitro benzene ring substituents is 1. The smallest absolute Gasteiger partial charge is 0.269 e. The van der Waals surface area contributed by atoms with Crippen LogP contribution in [0.15, 0.2) is 47.4 Å². The number of aryl methyl sites for hydroxylation is 1. The van der Waals surface area contributed by atoms with E-state index in [0.717, 1.165) is 30.3 Å². The van der Waals surface area contributed by atoms with Gasteiger partial charge in [0.15, 0.2) is 0 Å². The lowest BCUT2D eigenvalue weighted by molar-refractivity contribution is -0.384. The molecule has 0 spiro atoms. The van der Waals surface area contributed by atoms with Crippen molar-refractivity contribution in [2.24, 2.45) is 0 Å². The summed E-state index contributed by atoms with van der Waals surface area (Å²) in [5.41, 5.74) is 0.293. The zero-order valence-corrected chi connectivity index (χ0v) is 11.7. The molecule has 0 unspecified atom stereocenters. The fourth-order valence-corrected chi connectivity index (χ4v) is 2.73. The number of hydrogen-bond acceptors (Lipinski definition) is 4. The fourth-order valence-electron chi connectivity index (χ4n) is 1.67. The third-order valence-electron chi connectivity index (χ3n) is 2.72. The molecule has 8 heteroatoms. The second-order valence-electron chi connectivity index (χ2n) is 4.34. The Bertz CT molecular complexity index is 788. The van der Waals surface area contributed by atoms with Gasteiger partial charge >= 0.3 is 0 Å². The molecule has 1 N–H and O–H groups in total. The maximum absolute atomic E-state index is 13.6. The molecule has 2 aromatic carbocycles. The number of halogens is 1. The van der Waals surface area contributed by atoms with Crippen LogP contribution in [0, 0.1) is 22.9 Å². The lowest BCUT2D eigenvalue weighted by Gasteiger charge is -2.09. The van der Waals surface area contributed by atoms with Crippen molar-refractivity contribution in [3.8, 4) is 0 Å². The van der Waals surface area contributed by atoms with E-state index in [0.29, 0.717) is 5.56 Å². The Morgan fingerprint density at radius 3 is 2.33 bits per heavy atom. The maximum atomic E-state index is 13.6. The Morgan fingerprint density at radius 1 is 1.14 bits per heavy atom. The van der Waals surface area contributed by atoms with Crippen molar-refractivity contribution in [1.29, 1.82) is 0 Å². The molecule has 0 atom stereocenters. The van der Waals surface area contributed by atoms with E-state index in [1.54, 1.807) is 6.92 Å². The molecule has 0 saturated carbocycles. The first-order valence-electron chi connectivity index (χ1n) is 5.83. The highest BCUT2D eigenvalue weighted by Gasteiger charge is 2.17. The maximum Gasteiger partial charge on any atom is 0.269 e. The van der Waals surface area contributed by atoms with Crippen LogP contribution in [0.4, 0.5) is 15.8 Å². The molecule has 0 aromatic heterocycles. The van der Waals surface area contributed by atoms with Crippen LogP contribution < -0.4 is 4.72 Å². The molecule has 0 fully saturated rings. The lowest BCUT2D eigenvalue weighted by Crippen LogP contribution is -2.14. The molecule has 0 amide bonds. The Balaban J connectivity index is 2.34. The summed E-state index contributed by atoms with van der Waals surface area (Å²) < 4.78 is 39.9. The fraction of sp³-hybridized carbons (Fsp3) is 0.0769. The quantitative estimate of drug-likeness (QED) is 0.694. The Hall–Kier alpha value is -2.48. The first-order chi connectivity index (χ1) is 9.79. The van der Waals surface area contributed by atoms with E-state index in [9.17, 15) is 22.9 Å². The van der Waals surface area contributed by atoms with Crippen LogP contribution in [-0.2, 0) is 10.0 Å². The SMILES string of the molecule is Cc1ccc(F)c(NS(=O)(=O)c2ccc([N+](=O)[O-])cc2)c1. The van der Waals surface area contributed by atoms with Crippen LogP contribution in [0.25, 0.3) is 0 Å². The molecule has 0 bridgehead atoms. The van der Waals surface area contributed by atoms with Crippen molar-refractivity contribution in [1.82, 2.24) is 0 Å². The summed E-state index contributed by atoms with van der Waals surface area (Å²) in [6.07, 6.45) is 0. The summed E-state index contributed by atoms with van der Waals surface area (Å²) in [5, 5.41) is 10.5. The first-order valence-corrected chi connectivity index (χ1v) is 7.31. The molecular formula is C13H11FN2O4S. The van der Waals surface area contributed by atoms with Crippen LogP contribution in [-0.4, -0.2) is 13.3 Å². The summed E-state index contributed by atoms with van der Waals surface area (Å²) in [6, 6.07) is 8.35. The molecule has 21 heavy (non-hydrogen) atoms. The minimum Gasteiger partial charge on any atom is -0.277 e. The second-order valence-corrected chi connectivity index (χ2v) is 6.02. The molecular weight excluding hydrogens is 299 g/mol. The van der Waals surface area contributed by atoms with Gasteiger partial charge in [-0.25, -0.2) is 12.8 Å². The zero-order valence-electron chi connectivity index (χ0n) is 10.9. The Labute approximate surface area is 120 Å². The standard InChI is InChI=1S/C13H11FN2O4S/c1-9-2-7-12(14)13(8-9)15-21(19,20)11-5-3-10(4-6-11)16(17)18/h2-8,15H,1H3. The number of rotatable bonds is 4. The highest BCUT2D eigenvalue weighted by molar-refractivity contribution is 7.92. The second kappa shape index (κ2) is 5.49. The van der Waals surface area contributed by atoms with E-state index in [1.165, 1.54) is 12.1 Å². The third kappa shape index (κ3) is 3.34. The molecule has 0 aliphatic heterocycles. The molecule has 2 rings (SSSR count). The van der Waals surface area contributed by atoms with Gasteiger partial charge in [0.25, 0.3) is 15.7 Å². The number of nitrogens with zero attached hydrogens (tertiary/aromatic N) is 1. The van der Waals surface area contributed by atoms with Crippen LogP contribution in [0.5, 0.6) is 0 Å². The van der Waals surface area contributed by atoms with Crippen molar-refractivity contribution in [3.63, 3.8) is 0 Å². The van der Waals surface area contributed by atoms with E-state index in [2.05, 4.69) is 4.72 Å². The molecule has 0 aliphatic carbocycles. The Kier molecular flexibility index (Phi) is 3.90. The minimum atomic E-state index is -4.01. The zero-order chi connectivity index (χ0) is 15.6. The average Bonchev–Trinajstić information content (AvgIpc) is 2.43. The number of nitrogens with one attached hydrogen (secondary N) is 1.